The van der Waals surface area contributed by atoms with E-state index in [1.807, 2.05) is 13.8 Å². The Morgan fingerprint density at radius 2 is 2.00 bits per heavy atom. The molecule has 2 aromatic heterocycles. The monoisotopic (exact) mass is 359 g/mol. The Morgan fingerprint density at radius 3 is 2.64 bits per heavy atom. The minimum atomic E-state index is -0.463. The third-order valence-electron chi connectivity index (χ3n) is 3.43. The van der Waals surface area contributed by atoms with Crippen LogP contribution in [0.1, 0.15) is 20.3 Å². The second-order valence-corrected chi connectivity index (χ2v) is 6.82. The van der Waals surface area contributed by atoms with Gasteiger partial charge in [-0.25, -0.2) is 0 Å². The first kappa shape index (κ1) is 16.9. The first-order valence-electron chi connectivity index (χ1n) is 7.71. The second-order valence-electron chi connectivity index (χ2n) is 5.95. The summed E-state index contributed by atoms with van der Waals surface area (Å²) in [5, 5.41) is 18.8. The smallest absolute Gasteiger partial charge is 0.358 e. The number of rotatable bonds is 6. The van der Waals surface area contributed by atoms with Gasteiger partial charge in [0.25, 0.3) is 4.96 Å². The van der Waals surface area contributed by atoms with Gasteiger partial charge in [-0.05, 0) is 35.1 Å². The van der Waals surface area contributed by atoms with Crippen LogP contribution in [-0.2, 0) is 4.79 Å². The van der Waals surface area contributed by atoms with Crippen molar-refractivity contribution >= 4 is 45.2 Å². The maximum atomic E-state index is 11.8. The molecule has 8 nitrogen and oxygen atoms in total. The molecule has 0 unspecified atom stereocenters. The highest BCUT2D eigenvalue weighted by Crippen LogP contribution is 2.30. The van der Waals surface area contributed by atoms with Gasteiger partial charge in [-0.15, -0.1) is 0 Å². The van der Waals surface area contributed by atoms with Crippen LogP contribution in [0, 0.1) is 16.0 Å². The largest absolute Gasteiger partial charge is 0.373 e. The number of hydrogen-bond acceptors (Lipinski definition) is 6. The van der Waals surface area contributed by atoms with E-state index in [-0.39, 0.29) is 23.5 Å². The minimum Gasteiger partial charge on any atom is -0.358 e. The van der Waals surface area contributed by atoms with E-state index in [4.69, 9.17) is 0 Å². The van der Waals surface area contributed by atoms with Gasteiger partial charge in [0, 0.05) is 23.2 Å². The van der Waals surface area contributed by atoms with Crippen molar-refractivity contribution in [3.63, 3.8) is 0 Å². The Labute approximate surface area is 147 Å². The quantitative estimate of drug-likeness (QED) is 0.511. The highest BCUT2D eigenvalue weighted by Gasteiger charge is 2.23. The Morgan fingerprint density at radius 1 is 1.32 bits per heavy atom. The first-order valence-corrected chi connectivity index (χ1v) is 8.59. The van der Waals surface area contributed by atoms with Crippen molar-refractivity contribution in [2.24, 2.45) is 5.92 Å². The second kappa shape index (κ2) is 6.89. The normalized spacial score (nSPS) is 11.0. The number of thiazole rings is 1. The number of nitrogens with one attached hydrogen (secondary N) is 2. The summed E-state index contributed by atoms with van der Waals surface area (Å²) in [7, 11) is 0. The third-order valence-corrected chi connectivity index (χ3v) is 4.19. The van der Waals surface area contributed by atoms with Crippen molar-refractivity contribution < 1.29 is 9.72 Å². The summed E-state index contributed by atoms with van der Waals surface area (Å²) < 4.78 is 1.44. The number of imidazole rings is 1. The lowest BCUT2D eigenvalue weighted by Gasteiger charge is -2.08. The third kappa shape index (κ3) is 3.77. The van der Waals surface area contributed by atoms with Crippen LogP contribution in [-0.4, -0.2) is 20.2 Å². The summed E-state index contributed by atoms with van der Waals surface area (Å²) >= 11 is 1.32. The standard InChI is InChI=1S/C16H17N5O3S/c1-10(2)9-13(22)17-11-3-5-12(6-4-11)18-14-15(21(23)24)20-7-8-25-16(20)19-14/h3-8,10,18H,9H2,1-2H3,(H,17,22). The number of anilines is 3. The van der Waals surface area contributed by atoms with Crippen LogP contribution in [0.3, 0.4) is 0 Å². The lowest BCUT2D eigenvalue weighted by Crippen LogP contribution is -2.13. The summed E-state index contributed by atoms with van der Waals surface area (Å²) in [6, 6.07) is 6.96. The van der Waals surface area contributed by atoms with Gasteiger partial charge in [0.15, 0.2) is 0 Å². The molecule has 0 fully saturated rings. The SMILES string of the molecule is CC(C)CC(=O)Nc1ccc(Nc2nc3sccn3c2[N+](=O)[O-])cc1. The highest BCUT2D eigenvalue weighted by atomic mass is 32.1. The number of nitro groups is 1. The molecule has 0 saturated heterocycles. The van der Waals surface area contributed by atoms with E-state index >= 15 is 0 Å². The summed E-state index contributed by atoms with van der Waals surface area (Å²) in [6.07, 6.45) is 2.07. The van der Waals surface area contributed by atoms with Gasteiger partial charge >= 0.3 is 5.82 Å². The Balaban J connectivity index is 1.76. The maximum Gasteiger partial charge on any atom is 0.373 e. The zero-order valence-corrected chi connectivity index (χ0v) is 14.5. The molecular formula is C16H17N5O3S. The fraction of sp³-hybridized carbons (Fsp3) is 0.250. The van der Waals surface area contributed by atoms with Gasteiger partial charge in [0.05, 0.1) is 0 Å². The molecule has 0 bridgehead atoms. The first-order chi connectivity index (χ1) is 11.9. The van der Waals surface area contributed by atoms with Crippen LogP contribution >= 0.6 is 11.3 Å². The number of fused-ring (bicyclic) bond motifs is 1. The maximum absolute atomic E-state index is 11.8. The molecule has 2 heterocycles. The molecule has 3 rings (SSSR count). The van der Waals surface area contributed by atoms with E-state index in [0.717, 1.165) is 0 Å². The fourth-order valence-electron chi connectivity index (χ4n) is 2.39. The lowest BCUT2D eigenvalue weighted by atomic mass is 10.1. The minimum absolute atomic E-state index is 0.0410. The fourth-order valence-corrected chi connectivity index (χ4v) is 3.10. The molecule has 3 aromatic rings. The average Bonchev–Trinajstić information content (AvgIpc) is 3.08. The predicted octanol–water partition coefficient (Wildman–Crippen LogP) is 4.03. The Kier molecular flexibility index (Phi) is 4.66. The van der Waals surface area contributed by atoms with Crippen molar-refractivity contribution in [1.82, 2.24) is 9.38 Å². The molecule has 9 heteroatoms. The molecule has 0 aliphatic carbocycles. The highest BCUT2D eigenvalue weighted by molar-refractivity contribution is 7.15. The predicted molar refractivity (Wildman–Crippen MR) is 97.5 cm³/mol. The molecule has 0 spiro atoms. The molecule has 25 heavy (non-hydrogen) atoms. The van der Waals surface area contributed by atoms with E-state index in [1.54, 1.807) is 35.8 Å². The van der Waals surface area contributed by atoms with Crippen LogP contribution in [0.4, 0.5) is 23.0 Å². The Bertz CT molecular complexity index is 914. The number of amides is 1. The number of hydrogen-bond donors (Lipinski definition) is 2. The number of nitrogens with zero attached hydrogens (tertiary/aromatic N) is 3. The molecule has 0 atom stereocenters. The van der Waals surface area contributed by atoms with E-state index in [9.17, 15) is 14.9 Å². The van der Waals surface area contributed by atoms with Crippen LogP contribution in [0.15, 0.2) is 35.8 Å². The van der Waals surface area contributed by atoms with Gasteiger partial charge in [-0.3, -0.25) is 4.79 Å². The lowest BCUT2D eigenvalue weighted by molar-refractivity contribution is -0.389. The van der Waals surface area contributed by atoms with Gasteiger partial charge in [-0.1, -0.05) is 25.2 Å². The number of carbonyl (C=O) groups excluding carboxylic acids is 1. The van der Waals surface area contributed by atoms with Gasteiger partial charge in [0.1, 0.15) is 6.20 Å². The molecule has 1 aromatic carbocycles. The molecule has 2 N–H and O–H groups in total. The van der Waals surface area contributed by atoms with Crippen molar-refractivity contribution in [2.75, 3.05) is 10.6 Å². The topological polar surface area (TPSA) is 102 Å². The number of aromatic nitrogens is 2. The zero-order chi connectivity index (χ0) is 18.0. The van der Waals surface area contributed by atoms with Crippen LogP contribution in [0.25, 0.3) is 4.96 Å². The van der Waals surface area contributed by atoms with Crippen molar-refractivity contribution in [2.45, 2.75) is 20.3 Å². The van der Waals surface area contributed by atoms with Crippen LogP contribution in [0.2, 0.25) is 0 Å². The summed E-state index contributed by atoms with van der Waals surface area (Å²) in [5.74, 6) is 0.330. The van der Waals surface area contributed by atoms with E-state index < -0.39 is 4.92 Å². The van der Waals surface area contributed by atoms with E-state index in [1.165, 1.54) is 15.7 Å². The zero-order valence-electron chi connectivity index (χ0n) is 13.7. The van der Waals surface area contributed by atoms with Crippen LogP contribution in [0.5, 0.6) is 0 Å². The molecule has 0 aliphatic heterocycles. The summed E-state index contributed by atoms with van der Waals surface area (Å²) in [6.45, 7) is 3.96. The Hall–Kier alpha value is -2.94. The summed E-state index contributed by atoms with van der Waals surface area (Å²) in [4.78, 5) is 27.4. The molecule has 130 valence electrons. The molecular weight excluding hydrogens is 342 g/mol. The van der Waals surface area contributed by atoms with Crippen molar-refractivity contribution in [3.8, 4) is 0 Å². The van der Waals surface area contributed by atoms with Gasteiger partial charge in [0.2, 0.25) is 11.7 Å². The molecule has 0 aliphatic rings. The van der Waals surface area contributed by atoms with E-state index in [2.05, 4.69) is 15.6 Å². The van der Waals surface area contributed by atoms with Crippen molar-refractivity contribution in [3.05, 3.63) is 46.0 Å². The number of carbonyl (C=O) groups is 1. The molecule has 0 radical (unpaired) electrons. The number of benzene rings is 1. The molecule has 1 amide bonds. The van der Waals surface area contributed by atoms with Crippen molar-refractivity contribution in [1.29, 1.82) is 0 Å². The summed E-state index contributed by atoms with van der Waals surface area (Å²) in [5.41, 5.74) is 1.33. The van der Waals surface area contributed by atoms with Crippen LogP contribution < -0.4 is 10.6 Å². The van der Waals surface area contributed by atoms with Gasteiger partial charge in [-0.2, -0.15) is 9.38 Å². The van der Waals surface area contributed by atoms with E-state index in [0.29, 0.717) is 22.8 Å². The van der Waals surface area contributed by atoms with Gasteiger partial charge < -0.3 is 20.7 Å². The molecule has 0 saturated carbocycles. The average molecular weight is 359 g/mol.